The van der Waals surface area contributed by atoms with Crippen LogP contribution in [0.25, 0.3) is 0 Å². The van der Waals surface area contributed by atoms with Gasteiger partial charge in [-0.15, -0.1) is 6.58 Å². The number of carbonyl (C=O) groups excluding carboxylic acids is 1. The van der Waals surface area contributed by atoms with Crippen molar-refractivity contribution in [3.05, 3.63) is 12.7 Å². The number of hydrogen-bond acceptors (Lipinski definition) is 3. The van der Waals surface area contributed by atoms with Gasteiger partial charge in [-0.3, -0.25) is 0 Å². The number of rotatable bonds is 7. The van der Waals surface area contributed by atoms with E-state index in [0.717, 1.165) is 37.2 Å². The van der Waals surface area contributed by atoms with Crippen molar-refractivity contribution in [1.29, 1.82) is 0 Å². The number of urea groups is 1. The Morgan fingerprint density at radius 2 is 2.28 bits per heavy atom. The van der Waals surface area contributed by atoms with Crippen LogP contribution in [0.2, 0.25) is 0 Å². The third kappa shape index (κ3) is 6.91. The second kappa shape index (κ2) is 9.28. The van der Waals surface area contributed by atoms with Gasteiger partial charge in [0.1, 0.15) is 0 Å². The van der Waals surface area contributed by atoms with Crippen LogP contribution in [0.3, 0.4) is 0 Å². The van der Waals surface area contributed by atoms with Crippen LogP contribution in [0.15, 0.2) is 12.7 Å². The summed E-state index contributed by atoms with van der Waals surface area (Å²) in [6.07, 6.45) is 5.57. The molecule has 2 unspecified atom stereocenters. The van der Waals surface area contributed by atoms with E-state index in [1.807, 2.05) is 6.08 Å². The summed E-state index contributed by atoms with van der Waals surface area (Å²) >= 11 is 1.75. The van der Waals surface area contributed by atoms with Crippen LogP contribution in [0.5, 0.6) is 0 Å². The van der Waals surface area contributed by atoms with E-state index in [0.29, 0.717) is 19.0 Å². The maximum atomic E-state index is 11.5. The summed E-state index contributed by atoms with van der Waals surface area (Å²) < 4.78 is 0. The van der Waals surface area contributed by atoms with Crippen LogP contribution in [0, 0.1) is 5.92 Å². The molecule has 2 atom stereocenters. The molecule has 0 radical (unpaired) electrons. The number of thioether (sulfide) groups is 1. The first-order valence-electron chi connectivity index (χ1n) is 6.60. The molecule has 0 heterocycles. The molecule has 2 amide bonds. The molecule has 0 saturated heterocycles. The molecule has 18 heavy (non-hydrogen) atoms. The summed E-state index contributed by atoms with van der Waals surface area (Å²) in [6.45, 7) is 4.99. The van der Waals surface area contributed by atoms with Gasteiger partial charge in [-0.1, -0.05) is 12.5 Å². The van der Waals surface area contributed by atoms with Crippen LogP contribution >= 0.6 is 11.8 Å². The maximum absolute atomic E-state index is 11.5. The molecule has 1 aliphatic rings. The van der Waals surface area contributed by atoms with Crippen LogP contribution in [0.4, 0.5) is 4.79 Å². The molecule has 0 aliphatic heterocycles. The largest absolute Gasteiger partial charge is 0.393 e. The van der Waals surface area contributed by atoms with Gasteiger partial charge in [0.2, 0.25) is 0 Å². The van der Waals surface area contributed by atoms with Crippen molar-refractivity contribution < 1.29 is 9.90 Å². The quantitative estimate of drug-likeness (QED) is 0.489. The molecule has 0 bridgehead atoms. The Labute approximate surface area is 114 Å². The number of nitrogens with one attached hydrogen (secondary N) is 2. The lowest BCUT2D eigenvalue weighted by molar-refractivity contribution is 0.101. The number of amides is 2. The average molecular weight is 272 g/mol. The number of aliphatic hydroxyl groups excluding tert-OH is 1. The van der Waals surface area contributed by atoms with E-state index in [4.69, 9.17) is 0 Å². The zero-order valence-electron chi connectivity index (χ0n) is 10.9. The zero-order valence-corrected chi connectivity index (χ0v) is 11.7. The van der Waals surface area contributed by atoms with Crippen LogP contribution < -0.4 is 10.6 Å². The van der Waals surface area contributed by atoms with Gasteiger partial charge >= 0.3 is 6.03 Å². The summed E-state index contributed by atoms with van der Waals surface area (Å²) in [7, 11) is 0. The molecule has 0 aromatic rings. The molecule has 3 N–H and O–H groups in total. The minimum atomic E-state index is -0.177. The Morgan fingerprint density at radius 3 is 3.00 bits per heavy atom. The van der Waals surface area contributed by atoms with Crippen molar-refractivity contribution in [1.82, 2.24) is 10.6 Å². The normalized spacial score (nSPS) is 23.4. The molecule has 1 fully saturated rings. The Balaban J connectivity index is 2.00. The van der Waals surface area contributed by atoms with Gasteiger partial charge < -0.3 is 15.7 Å². The fourth-order valence-electron chi connectivity index (χ4n) is 2.15. The van der Waals surface area contributed by atoms with Crippen molar-refractivity contribution in [3.8, 4) is 0 Å². The summed E-state index contributed by atoms with van der Waals surface area (Å²) in [5.41, 5.74) is 0. The van der Waals surface area contributed by atoms with E-state index in [-0.39, 0.29) is 12.1 Å². The van der Waals surface area contributed by atoms with E-state index in [9.17, 15) is 9.90 Å². The first-order valence-corrected chi connectivity index (χ1v) is 7.76. The van der Waals surface area contributed by atoms with E-state index in [1.165, 1.54) is 0 Å². The standard InChI is InChI=1S/C13H24N2O2S/c1-2-7-18-8-6-14-13(17)15-10-11-4-3-5-12(16)9-11/h2,11-12,16H,1,3-10H2,(H2,14,15,17). The SMILES string of the molecule is C=CCSCCNC(=O)NCC1CCCC(O)C1. The average Bonchev–Trinajstić information content (AvgIpc) is 2.36. The minimum Gasteiger partial charge on any atom is -0.393 e. The molecule has 1 aliphatic carbocycles. The summed E-state index contributed by atoms with van der Waals surface area (Å²) in [4.78, 5) is 11.5. The van der Waals surface area contributed by atoms with Gasteiger partial charge in [0, 0.05) is 24.6 Å². The van der Waals surface area contributed by atoms with Crippen LogP contribution in [-0.4, -0.2) is 41.8 Å². The smallest absolute Gasteiger partial charge is 0.314 e. The molecule has 4 nitrogen and oxygen atoms in total. The molecule has 0 aromatic carbocycles. The number of hydrogen-bond donors (Lipinski definition) is 3. The highest BCUT2D eigenvalue weighted by Gasteiger charge is 2.20. The summed E-state index contributed by atoms with van der Waals surface area (Å²) in [6, 6.07) is -0.103. The highest BCUT2D eigenvalue weighted by molar-refractivity contribution is 7.99. The van der Waals surface area contributed by atoms with Gasteiger partial charge in [0.05, 0.1) is 6.10 Å². The predicted octanol–water partition coefficient (Wildman–Crippen LogP) is 1.76. The van der Waals surface area contributed by atoms with E-state index in [2.05, 4.69) is 17.2 Å². The summed E-state index contributed by atoms with van der Waals surface area (Å²) in [5, 5.41) is 15.2. The Bertz CT molecular complexity index is 261. The van der Waals surface area contributed by atoms with Gasteiger partial charge in [0.15, 0.2) is 0 Å². The van der Waals surface area contributed by atoms with Crippen molar-refractivity contribution in [2.75, 3.05) is 24.6 Å². The lowest BCUT2D eigenvalue weighted by Gasteiger charge is -2.25. The van der Waals surface area contributed by atoms with E-state index >= 15 is 0 Å². The third-order valence-electron chi connectivity index (χ3n) is 3.07. The second-order valence-corrected chi connectivity index (χ2v) is 5.84. The molecule has 104 valence electrons. The fourth-order valence-corrected chi connectivity index (χ4v) is 2.73. The molecule has 0 spiro atoms. The zero-order chi connectivity index (χ0) is 13.2. The van der Waals surface area contributed by atoms with Gasteiger partial charge in [-0.05, 0) is 25.2 Å². The highest BCUT2D eigenvalue weighted by atomic mass is 32.2. The second-order valence-electron chi connectivity index (χ2n) is 4.69. The first kappa shape index (κ1) is 15.4. The third-order valence-corrected chi connectivity index (χ3v) is 4.04. The maximum Gasteiger partial charge on any atom is 0.314 e. The van der Waals surface area contributed by atoms with Crippen molar-refractivity contribution in [2.24, 2.45) is 5.92 Å². The van der Waals surface area contributed by atoms with Crippen molar-refractivity contribution >= 4 is 17.8 Å². The van der Waals surface area contributed by atoms with Gasteiger partial charge in [-0.25, -0.2) is 4.79 Å². The predicted molar refractivity (Wildman–Crippen MR) is 76.9 cm³/mol. The van der Waals surface area contributed by atoms with Crippen molar-refractivity contribution in [2.45, 2.75) is 31.8 Å². The molecule has 1 saturated carbocycles. The minimum absolute atomic E-state index is 0.103. The number of carbonyl (C=O) groups is 1. The molecule has 1 rings (SSSR count). The van der Waals surface area contributed by atoms with Gasteiger partial charge in [0.25, 0.3) is 0 Å². The lowest BCUT2D eigenvalue weighted by atomic mass is 9.87. The lowest BCUT2D eigenvalue weighted by Crippen LogP contribution is -2.40. The Morgan fingerprint density at radius 1 is 1.44 bits per heavy atom. The fraction of sp³-hybridized carbons (Fsp3) is 0.769. The number of aliphatic hydroxyl groups is 1. The van der Waals surface area contributed by atoms with Crippen LogP contribution in [0.1, 0.15) is 25.7 Å². The van der Waals surface area contributed by atoms with E-state index in [1.54, 1.807) is 11.8 Å². The van der Waals surface area contributed by atoms with Crippen molar-refractivity contribution in [3.63, 3.8) is 0 Å². The first-order chi connectivity index (χ1) is 8.72. The molecular weight excluding hydrogens is 248 g/mol. The Hall–Kier alpha value is -0.680. The Kier molecular flexibility index (Phi) is 7.93. The highest BCUT2D eigenvalue weighted by Crippen LogP contribution is 2.23. The molecular formula is C13H24N2O2S. The topological polar surface area (TPSA) is 61.4 Å². The van der Waals surface area contributed by atoms with Gasteiger partial charge in [-0.2, -0.15) is 11.8 Å². The molecule has 5 heteroatoms. The van der Waals surface area contributed by atoms with Crippen LogP contribution in [-0.2, 0) is 0 Å². The van der Waals surface area contributed by atoms with E-state index < -0.39 is 0 Å². The summed E-state index contributed by atoms with van der Waals surface area (Å²) in [5.74, 6) is 2.25. The monoisotopic (exact) mass is 272 g/mol. The molecule has 0 aromatic heterocycles.